The van der Waals surface area contributed by atoms with Crippen molar-refractivity contribution >= 4 is 71.6 Å². The summed E-state index contributed by atoms with van der Waals surface area (Å²) in [6.45, 7) is 39.2. The molecule has 0 aromatic heterocycles. The molecular formula is C62H106O39. The maximum Gasteiger partial charge on any atom is 0.333 e. The Morgan fingerprint density at radius 1 is 0.238 bits per heavy atom. The SMILES string of the molecule is C=C(C)C(=O)O.C=C(C)C(=O)O.C=C(C)C(=O)O.C=C(C)C(=O)O.C=C(C)C(=O)O.C=C(C)C(=O)OCC(CO)(CO)CO.C=CC(=O)O.C=CC(=O)O.C=CC(=O)O.C=CC(=O)O.C=CC(=O)O.C=CC(=O)O.OCC(CO)(CO)CO.OCC(CO)(CO)CO.OCC(CO)(CO)CO. The molecule has 0 aromatic rings. The second-order valence-corrected chi connectivity index (χ2v) is 18.4. The molecule has 0 rings (SSSR count). The predicted octanol–water partition coefficient (Wildman–Crippen LogP) is -2.33. The molecular weight excluding hydrogens is 1370 g/mol. The van der Waals surface area contributed by atoms with E-state index in [0.29, 0.717) is 0 Å². The summed E-state index contributed by atoms with van der Waals surface area (Å²) >= 11 is 0. The van der Waals surface area contributed by atoms with Gasteiger partial charge in [-0.15, -0.1) is 0 Å². The number of aliphatic hydroxyl groups is 15. The van der Waals surface area contributed by atoms with Crippen LogP contribution in [0, 0.1) is 21.7 Å². The van der Waals surface area contributed by atoms with Crippen LogP contribution in [0.3, 0.4) is 0 Å². The maximum absolute atomic E-state index is 11.0. The van der Waals surface area contributed by atoms with Crippen LogP contribution in [0.4, 0.5) is 0 Å². The van der Waals surface area contributed by atoms with Crippen LogP contribution in [-0.2, 0) is 62.3 Å². The van der Waals surface area contributed by atoms with Crippen molar-refractivity contribution in [1.82, 2.24) is 0 Å². The van der Waals surface area contributed by atoms with Crippen LogP contribution in [0.5, 0.6) is 0 Å². The van der Waals surface area contributed by atoms with Gasteiger partial charge < -0.3 is 138 Å². The zero-order valence-electron chi connectivity index (χ0n) is 57.2. The third kappa shape index (κ3) is 117. The van der Waals surface area contributed by atoms with Crippen molar-refractivity contribution in [3.8, 4) is 0 Å². The van der Waals surface area contributed by atoms with Gasteiger partial charge in [0.2, 0.25) is 0 Å². The second kappa shape index (κ2) is 86.0. The van der Waals surface area contributed by atoms with Crippen molar-refractivity contribution in [3.05, 3.63) is 149 Å². The maximum atomic E-state index is 11.0. The molecule has 0 radical (unpaired) electrons. The molecule has 39 nitrogen and oxygen atoms in total. The number of carboxylic acid groups (broad SMARTS) is 11. The Labute approximate surface area is 583 Å². The first-order valence-corrected chi connectivity index (χ1v) is 26.6. The molecule has 0 saturated carbocycles. The van der Waals surface area contributed by atoms with Gasteiger partial charge in [-0.05, 0) is 41.5 Å². The normalized spacial score (nSPS) is 8.88. The van der Waals surface area contributed by atoms with Crippen molar-refractivity contribution in [2.75, 3.05) is 106 Å². The summed E-state index contributed by atoms with van der Waals surface area (Å²) in [5, 5.41) is 214. The van der Waals surface area contributed by atoms with E-state index in [1.54, 1.807) is 0 Å². The lowest BCUT2D eigenvalue weighted by molar-refractivity contribution is -0.147. The molecule has 0 bridgehead atoms. The summed E-state index contributed by atoms with van der Waals surface area (Å²) in [4.78, 5) is 114. The van der Waals surface area contributed by atoms with Gasteiger partial charge in [-0.25, -0.2) is 57.5 Å². The molecule has 0 aromatic carbocycles. The van der Waals surface area contributed by atoms with Gasteiger partial charge in [0, 0.05) is 69.9 Å². The second-order valence-electron chi connectivity index (χ2n) is 18.4. The average molecular weight is 1480 g/mol. The standard InChI is InChI=1S/C9H16O5.3C5H12O4.5C4H6O2.6C3H4O2/c1-7(2)8(13)14-6-9(3-10,4-11)5-12;3*6-1-5(2-7,3-8)4-9;5*1-3(2)4(5)6;6*1-2-3(4)5/h10-12H,1,3-6H2,2H3;3*6-9H,1-4H2;5*1H2,2H3,(H,5,6);6*2H,1H2,(H,4,5). The molecule has 0 unspecified atom stereocenters. The van der Waals surface area contributed by atoms with E-state index < -0.39 is 192 Å². The number of aliphatic hydroxyl groups excluding tert-OH is 15. The van der Waals surface area contributed by atoms with E-state index >= 15 is 0 Å². The third-order valence-corrected chi connectivity index (χ3v) is 8.76. The first-order valence-electron chi connectivity index (χ1n) is 26.6. The fourth-order valence-corrected chi connectivity index (χ4v) is 1.53. The van der Waals surface area contributed by atoms with Gasteiger partial charge in [-0.2, -0.15) is 0 Å². The quantitative estimate of drug-likeness (QED) is 0.0276. The number of esters is 1. The Hall–Kier alpha value is -10.1. The summed E-state index contributed by atoms with van der Waals surface area (Å²) in [5.74, 6) is -11.2. The molecule has 0 aliphatic rings. The Morgan fingerprint density at radius 3 is 0.366 bits per heavy atom. The van der Waals surface area contributed by atoms with Gasteiger partial charge in [0.25, 0.3) is 0 Å². The summed E-state index contributed by atoms with van der Waals surface area (Å²) in [6, 6.07) is 0. The number of hydrogen-bond donors (Lipinski definition) is 26. The summed E-state index contributed by atoms with van der Waals surface area (Å²) in [6.07, 6.45) is 5.00. The van der Waals surface area contributed by atoms with Crippen LogP contribution in [0.25, 0.3) is 0 Å². The van der Waals surface area contributed by atoms with E-state index in [9.17, 15) is 57.5 Å². The summed E-state index contributed by atoms with van der Waals surface area (Å²) < 4.78 is 4.72. The molecule has 0 spiro atoms. The first-order chi connectivity index (χ1) is 46.1. The lowest BCUT2D eigenvalue weighted by atomic mass is 9.93. The summed E-state index contributed by atoms with van der Waals surface area (Å²) in [5.41, 5.74) is -3.40. The van der Waals surface area contributed by atoms with Gasteiger partial charge in [-0.3, -0.25) is 0 Å². The Balaban J connectivity index is -0.0000000611. The van der Waals surface area contributed by atoms with Crippen LogP contribution < -0.4 is 0 Å². The lowest BCUT2D eigenvalue weighted by Crippen LogP contribution is -2.39. The van der Waals surface area contributed by atoms with Crippen molar-refractivity contribution in [2.45, 2.75) is 41.5 Å². The highest BCUT2D eigenvalue weighted by Crippen LogP contribution is 2.16. The van der Waals surface area contributed by atoms with Crippen LogP contribution in [0.1, 0.15) is 41.5 Å². The highest BCUT2D eigenvalue weighted by atomic mass is 16.5. The van der Waals surface area contributed by atoms with Crippen molar-refractivity contribution in [2.24, 2.45) is 21.7 Å². The lowest BCUT2D eigenvalue weighted by Gasteiger charge is -2.26. The minimum atomic E-state index is -1.18. The van der Waals surface area contributed by atoms with Crippen molar-refractivity contribution in [3.63, 3.8) is 0 Å². The predicted molar refractivity (Wildman–Crippen MR) is 361 cm³/mol. The molecule has 0 aliphatic heterocycles. The molecule has 0 heterocycles. The minimum absolute atomic E-state index is 0.176. The molecule has 0 saturated heterocycles. The number of carbonyl (C=O) groups is 12. The molecule has 26 N–H and O–H groups in total. The zero-order chi connectivity index (χ0) is 84.7. The average Bonchev–Trinajstić information content (AvgIpc) is 0.924. The van der Waals surface area contributed by atoms with Crippen LogP contribution in [0.15, 0.2) is 149 Å². The van der Waals surface area contributed by atoms with Crippen LogP contribution in [-0.4, -0.2) is 310 Å². The van der Waals surface area contributed by atoms with Gasteiger partial charge in [0.05, 0.1) is 121 Å². The molecule has 39 heteroatoms. The van der Waals surface area contributed by atoms with E-state index in [-0.39, 0.29) is 40.0 Å². The monoisotopic (exact) mass is 1470 g/mol. The highest BCUT2D eigenvalue weighted by Gasteiger charge is 2.30. The smallest absolute Gasteiger partial charge is 0.333 e. The minimum Gasteiger partial charge on any atom is -0.478 e. The highest BCUT2D eigenvalue weighted by molar-refractivity contribution is 5.87. The number of carboxylic acids is 11. The van der Waals surface area contributed by atoms with Gasteiger partial charge in [0.15, 0.2) is 0 Å². The molecule has 0 fully saturated rings. The van der Waals surface area contributed by atoms with E-state index in [4.69, 9.17) is 138 Å². The molecule has 0 amide bonds. The Kier molecular flexibility index (Phi) is 109. The van der Waals surface area contributed by atoms with E-state index in [0.717, 1.165) is 36.5 Å². The fraction of sp³-hybridized carbons (Fsp3) is 0.419. The van der Waals surface area contributed by atoms with Crippen molar-refractivity contribution in [1.29, 1.82) is 0 Å². The third-order valence-electron chi connectivity index (χ3n) is 8.76. The van der Waals surface area contributed by atoms with E-state index in [2.05, 4.69) is 78.9 Å². The van der Waals surface area contributed by atoms with E-state index in [1.807, 2.05) is 0 Å². The Morgan fingerprint density at radius 2 is 0.327 bits per heavy atom. The zero-order valence-corrected chi connectivity index (χ0v) is 57.2. The number of ether oxygens (including phenoxy) is 1. The largest absolute Gasteiger partial charge is 0.478 e. The molecule has 588 valence electrons. The van der Waals surface area contributed by atoms with E-state index in [1.165, 1.54) is 41.5 Å². The number of aliphatic carboxylic acids is 11. The van der Waals surface area contributed by atoms with Gasteiger partial charge in [-0.1, -0.05) is 78.9 Å². The summed E-state index contributed by atoms with van der Waals surface area (Å²) in [7, 11) is 0. The van der Waals surface area contributed by atoms with Crippen LogP contribution in [0.2, 0.25) is 0 Å². The Bertz CT molecular complexity index is 2010. The number of hydrogen-bond acceptors (Lipinski definition) is 28. The molecule has 101 heavy (non-hydrogen) atoms. The number of carbonyl (C=O) groups excluding carboxylic acids is 1. The topological polar surface area (TPSA) is 740 Å². The number of rotatable bonds is 29. The fourth-order valence-electron chi connectivity index (χ4n) is 1.53. The molecule has 0 aliphatic carbocycles. The molecule has 0 atom stereocenters. The van der Waals surface area contributed by atoms with Gasteiger partial charge >= 0.3 is 71.6 Å². The van der Waals surface area contributed by atoms with Crippen LogP contribution >= 0.6 is 0 Å². The first kappa shape index (κ1) is 128. The van der Waals surface area contributed by atoms with Gasteiger partial charge in [0.1, 0.15) is 6.61 Å². The van der Waals surface area contributed by atoms with Crippen molar-refractivity contribution < 1.29 is 195 Å².